The molecule has 0 spiro atoms. The second kappa shape index (κ2) is 10.7. The summed E-state index contributed by atoms with van der Waals surface area (Å²) in [5.74, 6) is 3.05. The van der Waals surface area contributed by atoms with E-state index in [9.17, 15) is 4.79 Å². The van der Waals surface area contributed by atoms with Gasteiger partial charge in [0.05, 0.1) is 46.1 Å². The predicted molar refractivity (Wildman–Crippen MR) is 132 cm³/mol. The van der Waals surface area contributed by atoms with Crippen molar-refractivity contribution in [1.29, 1.82) is 0 Å². The Hall–Kier alpha value is -1.99. The number of ether oxygens (including phenoxy) is 4. The third-order valence-corrected chi connectivity index (χ3v) is 7.65. The molecule has 0 bridgehead atoms. The number of carbonyl (C=O) groups is 1. The molecule has 3 heterocycles. The summed E-state index contributed by atoms with van der Waals surface area (Å²) < 4.78 is 22.9. The molecule has 1 aromatic rings. The van der Waals surface area contributed by atoms with Crippen LogP contribution < -0.4 is 9.47 Å². The molecule has 2 saturated heterocycles. The molecule has 5 atom stereocenters. The van der Waals surface area contributed by atoms with Crippen LogP contribution in [-0.4, -0.2) is 75.1 Å². The molecule has 0 saturated carbocycles. The minimum Gasteiger partial charge on any atom is -0.493 e. The van der Waals surface area contributed by atoms with Gasteiger partial charge in [0.1, 0.15) is 0 Å². The minimum absolute atomic E-state index is 0.0407. The first kappa shape index (κ1) is 25.1. The van der Waals surface area contributed by atoms with Gasteiger partial charge in [-0.3, -0.25) is 4.90 Å². The summed E-state index contributed by atoms with van der Waals surface area (Å²) in [4.78, 5) is 17.3. The lowest BCUT2D eigenvalue weighted by Gasteiger charge is -2.47. The van der Waals surface area contributed by atoms with Gasteiger partial charge < -0.3 is 23.8 Å². The number of fused-ring (bicyclic) bond motifs is 3. The topological polar surface area (TPSA) is 60.5 Å². The van der Waals surface area contributed by atoms with Crippen molar-refractivity contribution in [3.8, 4) is 11.5 Å². The Morgan fingerprint density at radius 1 is 1.06 bits per heavy atom. The summed E-state index contributed by atoms with van der Waals surface area (Å²) in [6.07, 6.45) is 3.04. The van der Waals surface area contributed by atoms with Gasteiger partial charge in [-0.05, 0) is 74.1 Å². The smallest absolute Gasteiger partial charge is 0.409 e. The summed E-state index contributed by atoms with van der Waals surface area (Å²) in [5.41, 5.74) is 2.67. The van der Waals surface area contributed by atoms with E-state index < -0.39 is 0 Å². The van der Waals surface area contributed by atoms with E-state index in [1.807, 2.05) is 13.8 Å². The normalized spacial score (nSPS) is 29.4. The molecule has 1 amide bonds. The van der Waals surface area contributed by atoms with Crippen LogP contribution in [-0.2, 0) is 15.9 Å². The Bertz CT molecular complexity index is 850. The van der Waals surface area contributed by atoms with Crippen molar-refractivity contribution in [2.75, 3.05) is 47.0 Å². The van der Waals surface area contributed by atoms with E-state index in [-0.39, 0.29) is 18.3 Å². The standard InChI is InChI=1S/C27H42N2O5/c1-17(2)9-21-15-28-8-7-20-11-25(31-5)26(32-6)12-23(20)24(28)10-22(21)16-33-27(30)29-13-18(3)34-19(4)14-29/h11-12,17-19,21-22,24H,7-10,13-16H2,1-6H3/t18-,19+,21-,22+,24-/m1/s1. The third-order valence-electron chi connectivity index (χ3n) is 7.65. The number of piperidine rings is 1. The van der Waals surface area contributed by atoms with E-state index in [4.69, 9.17) is 18.9 Å². The lowest BCUT2D eigenvalue weighted by molar-refractivity contribution is -0.0674. The van der Waals surface area contributed by atoms with E-state index in [0.29, 0.717) is 43.5 Å². The van der Waals surface area contributed by atoms with Gasteiger partial charge in [0, 0.05) is 19.1 Å². The first-order valence-corrected chi connectivity index (χ1v) is 12.8. The van der Waals surface area contributed by atoms with Crippen molar-refractivity contribution in [3.05, 3.63) is 23.3 Å². The Morgan fingerprint density at radius 3 is 2.38 bits per heavy atom. The highest BCUT2D eigenvalue weighted by Crippen LogP contribution is 2.45. The van der Waals surface area contributed by atoms with E-state index in [2.05, 4.69) is 30.9 Å². The van der Waals surface area contributed by atoms with Crippen LogP contribution in [0.15, 0.2) is 12.1 Å². The molecule has 0 aliphatic carbocycles. The molecule has 7 nitrogen and oxygen atoms in total. The minimum atomic E-state index is -0.205. The number of hydrogen-bond acceptors (Lipinski definition) is 6. The largest absolute Gasteiger partial charge is 0.493 e. The molecular weight excluding hydrogens is 432 g/mol. The lowest BCUT2D eigenvalue weighted by atomic mass is 9.74. The van der Waals surface area contributed by atoms with Crippen LogP contribution in [0.2, 0.25) is 0 Å². The van der Waals surface area contributed by atoms with Gasteiger partial charge in [-0.15, -0.1) is 0 Å². The summed E-state index contributed by atoms with van der Waals surface area (Å²) in [6.45, 7) is 12.3. The van der Waals surface area contributed by atoms with Crippen LogP contribution in [0.3, 0.4) is 0 Å². The number of carbonyl (C=O) groups excluding carboxylic acids is 1. The van der Waals surface area contributed by atoms with E-state index in [1.165, 1.54) is 11.1 Å². The predicted octanol–water partition coefficient (Wildman–Crippen LogP) is 4.53. The fourth-order valence-corrected chi connectivity index (χ4v) is 6.18. The molecule has 4 rings (SSSR count). The molecule has 190 valence electrons. The van der Waals surface area contributed by atoms with Gasteiger partial charge in [0.25, 0.3) is 0 Å². The number of rotatable bonds is 6. The zero-order valence-electron chi connectivity index (χ0n) is 21.7. The maximum atomic E-state index is 12.9. The number of benzene rings is 1. The zero-order valence-corrected chi connectivity index (χ0v) is 21.7. The molecule has 0 unspecified atom stereocenters. The number of amides is 1. The van der Waals surface area contributed by atoms with Crippen molar-refractivity contribution in [3.63, 3.8) is 0 Å². The highest BCUT2D eigenvalue weighted by Gasteiger charge is 2.40. The average molecular weight is 475 g/mol. The van der Waals surface area contributed by atoms with E-state index in [1.54, 1.807) is 19.1 Å². The number of morpholine rings is 1. The van der Waals surface area contributed by atoms with Gasteiger partial charge >= 0.3 is 6.09 Å². The first-order chi connectivity index (χ1) is 16.3. The summed E-state index contributed by atoms with van der Waals surface area (Å²) >= 11 is 0. The third kappa shape index (κ3) is 5.46. The number of hydrogen-bond donors (Lipinski definition) is 0. The summed E-state index contributed by atoms with van der Waals surface area (Å²) in [7, 11) is 3.39. The summed E-state index contributed by atoms with van der Waals surface area (Å²) in [5, 5.41) is 0. The molecule has 3 aliphatic heterocycles. The van der Waals surface area contributed by atoms with Crippen LogP contribution >= 0.6 is 0 Å². The molecule has 3 aliphatic rings. The van der Waals surface area contributed by atoms with Crippen LogP contribution in [0.4, 0.5) is 4.79 Å². The first-order valence-electron chi connectivity index (χ1n) is 12.8. The van der Waals surface area contributed by atoms with Gasteiger partial charge in [-0.2, -0.15) is 0 Å². The molecule has 0 radical (unpaired) electrons. The van der Waals surface area contributed by atoms with Crippen molar-refractivity contribution >= 4 is 6.09 Å². The zero-order chi connectivity index (χ0) is 24.4. The SMILES string of the molecule is COc1cc2c(cc1OC)[C@H]1C[C@@H](COC(=O)N3C[C@@H](C)O[C@@H](C)C3)[C@H](CC(C)C)CN1CC2. The van der Waals surface area contributed by atoms with E-state index >= 15 is 0 Å². The fourth-order valence-electron chi connectivity index (χ4n) is 6.18. The van der Waals surface area contributed by atoms with Crippen LogP contribution in [0.25, 0.3) is 0 Å². The molecule has 7 heteroatoms. The van der Waals surface area contributed by atoms with Gasteiger partial charge in [-0.1, -0.05) is 13.8 Å². The Kier molecular flexibility index (Phi) is 7.93. The van der Waals surface area contributed by atoms with Crippen LogP contribution in [0, 0.1) is 17.8 Å². The summed E-state index contributed by atoms with van der Waals surface area (Å²) in [6, 6.07) is 4.62. The Morgan fingerprint density at radius 2 is 1.74 bits per heavy atom. The van der Waals surface area contributed by atoms with Gasteiger partial charge in [-0.25, -0.2) is 4.79 Å². The Balaban J connectivity index is 1.50. The van der Waals surface area contributed by atoms with Crippen LogP contribution in [0.1, 0.15) is 57.7 Å². The average Bonchev–Trinajstić information content (AvgIpc) is 2.80. The maximum absolute atomic E-state index is 12.9. The van der Waals surface area contributed by atoms with Crippen molar-refractivity contribution in [2.45, 2.75) is 65.2 Å². The quantitative estimate of drug-likeness (QED) is 0.604. The van der Waals surface area contributed by atoms with E-state index in [0.717, 1.165) is 43.9 Å². The van der Waals surface area contributed by atoms with Crippen molar-refractivity contribution < 1.29 is 23.7 Å². The lowest BCUT2D eigenvalue weighted by Crippen LogP contribution is -2.50. The second-order valence-corrected chi connectivity index (χ2v) is 10.8. The van der Waals surface area contributed by atoms with Gasteiger partial charge in [0.2, 0.25) is 0 Å². The maximum Gasteiger partial charge on any atom is 0.409 e. The highest BCUT2D eigenvalue weighted by atomic mass is 16.6. The van der Waals surface area contributed by atoms with Crippen LogP contribution in [0.5, 0.6) is 11.5 Å². The second-order valence-electron chi connectivity index (χ2n) is 10.8. The molecule has 2 fully saturated rings. The number of methoxy groups -OCH3 is 2. The highest BCUT2D eigenvalue weighted by molar-refractivity contribution is 5.67. The monoisotopic (exact) mass is 474 g/mol. The molecule has 0 N–H and O–H groups in total. The fraction of sp³-hybridized carbons (Fsp3) is 0.741. The van der Waals surface area contributed by atoms with Crippen molar-refractivity contribution in [1.82, 2.24) is 9.80 Å². The number of nitrogens with zero attached hydrogens (tertiary/aromatic N) is 2. The molecule has 0 aromatic heterocycles. The molecule has 1 aromatic carbocycles. The molecule has 34 heavy (non-hydrogen) atoms. The Labute approximate surface area is 204 Å². The van der Waals surface area contributed by atoms with Crippen molar-refractivity contribution in [2.24, 2.45) is 17.8 Å². The van der Waals surface area contributed by atoms with Gasteiger partial charge in [0.15, 0.2) is 11.5 Å². The molecular formula is C27H42N2O5.